The molecule has 120 valence electrons. The van der Waals surface area contributed by atoms with Gasteiger partial charge in [-0.05, 0) is 43.6 Å². The van der Waals surface area contributed by atoms with Crippen LogP contribution in [0.1, 0.15) is 38.4 Å². The van der Waals surface area contributed by atoms with Crippen molar-refractivity contribution >= 4 is 0 Å². The van der Waals surface area contributed by atoms with Crippen LogP contribution in [0.15, 0.2) is 36.3 Å². The minimum absolute atomic E-state index is 0.120. The monoisotopic (exact) mass is 303 g/mol. The van der Waals surface area contributed by atoms with Crippen molar-refractivity contribution in [2.75, 3.05) is 19.6 Å². The zero-order valence-corrected chi connectivity index (χ0v) is 13.4. The number of nitrogens with zero attached hydrogens (tertiary/aromatic N) is 1. The molecule has 1 heterocycles. The van der Waals surface area contributed by atoms with Gasteiger partial charge in [0.1, 0.15) is 11.9 Å². The Morgan fingerprint density at radius 2 is 2.00 bits per heavy atom. The number of phenolic OH excluding ortho intramolecular Hbond substituents is 2. The Kier molecular flexibility index (Phi) is 5.53. The molecule has 22 heavy (non-hydrogen) atoms. The van der Waals surface area contributed by atoms with Gasteiger partial charge in [-0.2, -0.15) is 0 Å². The van der Waals surface area contributed by atoms with Crippen molar-refractivity contribution < 1.29 is 14.9 Å². The highest BCUT2D eigenvalue weighted by molar-refractivity contribution is 5.41. The summed E-state index contributed by atoms with van der Waals surface area (Å²) in [6, 6.07) is 4.85. The van der Waals surface area contributed by atoms with E-state index in [2.05, 4.69) is 24.1 Å². The Labute approximate surface area is 132 Å². The topological polar surface area (TPSA) is 52.9 Å². The molecule has 0 spiro atoms. The molecule has 1 saturated heterocycles. The minimum Gasteiger partial charge on any atom is -0.504 e. The van der Waals surface area contributed by atoms with Crippen molar-refractivity contribution in [1.29, 1.82) is 0 Å². The van der Waals surface area contributed by atoms with Gasteiger partial charge in [0, 0.05) is 19.4 Å². The van der Waals surface area contributed by atoms with Crippen molar-refractivity contribution in [3.63, 3.8) is 0 Å². The van der Waals surface area contributed by atoms with Crippen LogP contribution in [-0.4, -0.2) is 34.7 Å². The van der Waals surface area contributed by atoms with Gasteiger partial charge in [-0.3, -0.25) is 0 Å². The van der Waals surface area contributed by atoms with Crippen molar-refractivity contribution in [2.24, 2.45) is 5.92 Å². The van der Waals surface area contributed by atoms with Gasteiger partial charge in [0.15, 0.2) is 11.5 Å². The van der Waals surface area contributed by atoms with Crippen LogP contribution < -0.4 is 0 Å². The minimum atomic E-state index is -0.207. The third kappa shape index (κ3) is 4.06. The smallest absolute Gasteiger partial charge is 0.157 e. The summed E-state index contributed by atoms with van der Waals surface area (Å²) in [5.74, 6) is 0.626. The van der Waals surface area contributed by atoms with E-state index in [1.807, 2.05) is 6.92 Å². The maximum atomic E-state index is 9.76. The predicted molar refractivity (Wildman–Crippen MR) is 86.8 cm³/mol. The second-order valence-electron chi connectivity index (χ2n) is 6.00. The molecule has 0 unspecified atom stereocenters. The summed E-state index contributed by atoms with van der Waals surface area (Å²) in [5, 5.41) is 19.3. The van der Waals surface area contributed by atoms with Gasteiger partial charge in [-0.1, -0.05) is 25.3 Å². The number of benzene rings is 1. The molecule has 0 radical (unpaired) electrons. The van der Waals surface area contributed by atoms with E-state index in [1.165, 1.54) is 18.9 Å². The van der Waals surface area contributed by atoms with Gasteiger partial charge in [0.2, 0.25) is 0 Å². The molecule has 1 aliphatic heterocycles. The number of aromatic hydroxyl groups is 2. The van der Waals surface area contributed by atoms with E-state index < -0.39 is 0 Å². The van der Waals surface area contributed by atoms with E-state index in [1.54, 1.807) is 12.1 Å². The predicted octanol–water partition coefficient (Wildman–Crippen LogP) is 3.58. The van der Waals surface area contributed by atoms with Crippen LogP contribution in [0.25, 0.3) is 0 Å². The molecular formula is C18H25NO3. The van der Waals surface area contributed by atoms with E-state index in [0.29, 0.717) is 5.76 Å². The SMILES string of the molecule is C=C=C(C)O[C@H](c1ccc(O)c(O)c1)[C@H](C)CN1CCCC1. The number of phenols is 2. The average Bonchev–Trinajstić information content (AvgIpc) is 3.00. The first-order valence-electron chi connectivity index (χ1n) is 7.78. The van der Waals surface area contributed by atoms with Crippen LogP contribution in [0.2, 0.25) is 0 Å². The van der Waals surface area contributed by atoms with Crippen LogP contribution in [0.5, 0.6) is 11.5 Å². The van der Waals surface area contributed by atoms with E-state index >= 15 is 0 Å². The van der Waals surface area contributed by atoms with E-state index in [9.17, 15) is 10.2 Å². The number of allylic oxidation sites excluding steroid dienone is 1. The normalized spacial score (nSPS) is 17.7. The maximum absolute atomic E-state index is 9.76. The molecule has 2 rings (SSSR count). The first-order chi connectivity index (χ1) is 10.5. The van der Waals surface area contributed by atoms with Gasteiger partial charge < -0.3 is 19.8 Å². The summed E-state index contributed by atoms with van der Waals surface area (Å²) in [7, 11) is 0. The molecule has 4 heteroatoms. The van der Waals surface area contributed by atoms with Gasteiger partial charge in [0.05, 0.1) is 0 Å². The molecule has 1 aromatic rings. The second kappa shape index (κ2) is 7.39. The average molecular weight is 303 g/mol. The number of rotatable bonds is 6. The zero-order chi connectivity index (χ0) is 16.1. The molecule has 0 aromatic heterocycles. The highest BCUT2D eigenvalue weighted by Gasteiger charge is 2.25. The standard InChI is InChI=1S/C18H25NO3/c1-4-14(3)22-18(13(2)12-19-9-5-6-10-19)15-7-8-16(20)17(21)11-15/h7-8,11,13,18,20-21H,1,5-6,9-10,12H2,2-3H3/t13-,18+/m1/s1. The molecule has 0 saturated carbocycles. The van der Waals surface area contributed by atoms with Gasteiger partial charge >= 0.3 is 0 Å². The van der Waals surface area contributed by atoms with Crippen LogP contribution in [0, 0.1) is 5.92 Å². The first kappa shape index (κ1) is 16.5. The second-order valence-corrected chi connectivity index (χ2v) is 6.00. The lowest BCUT2D eigenvalue weighted by Gasteiger charge is -2.29. The third-order valence-corrected chi connectivity index (χ3v) is 4.14. The maximum Gasteiger partial charge on any atom is 0.157 e. The lowest BCUT2D eigenvalue weighted by Crippen LogP contribution is -2.29. The summed E-state index contributed by atoms with van der Waals surface area (Å²) in [5.41, 5.74) is 3.60. The van der Waals surface area contributed by atoms with E-state index in [-0.39, 0.29) is 23.5 Å². The fourth-order valence-corrected chi connectivity index (χ4v) is 2.93. The van der Waals surface area contributed by atoms with Crippen LogP contribution in [-0.2, 0) is 4.74 Å². The lowest BCUT2D eigenvalue weighted by atomic mass is 9.96. The summed E-state index contributed by atoms with van der Waals surface area (Å²) in [6.07, 6.45) is 2.30. The Morgan fingerprint density at radius 1 is 1.32 bits per heavy atom. The molecule has 1 aromatic carbocycles. The summed E-state index contributed by atoms with van der Waals surface area (Å²) >= 11 is 0. The molecule has 0 aliphatic carbocycles. The summed E-state index contributed by atoms with van der Waals surface area (Å²) in [6.45, 7) is 10.8. The van der Waals surface area contributed by atoms with Crippen LogP contribution in [0.3, 0.4) is 0 Å². The van der Waals surface area contributed by atoms with Gasteiger partial charge in [-0.25, -0.2) is 0 Å². The number of hydrogen-bond acceptors (Lipinski definition) is 4. The number of hydrogen-bond donors (Lipinski definition) is 2. The first-order valence-corrected chi connectivity index (χ1v) is 7.78. The third-order valence-electron chi connectivity index (χ3n) is 4.14. The largest absolute Gasteiger partial charge is 0.504 e. The van der Waals surface area contributed by atoms with E-state index in [4.69, 9.17) is 4.74 Å². The Bertz CT molecular complexity index is 557. The molecule has 2 atom stereocenters. The Morgan fingerprint density at radius 3 is 2.59 bits per heavy atom. The van der Waals surface area contributed by atoms with Crippen LogP contribution in [0.4, 0.5) is 0 Å². The summed E-state index contributed by atoms with van der Waals surface area (Å²) in [4.78, 5) is 2.44. The highest BCUT2D eigenvalue weighted by atomic mass is 16.5. The summed E-state index contributed by atoms with van der Waals surface area (Å²) < 4.78 is 5.98. The molecule has 4 nitrogen and oxygen atoms in total. The van der Waals surface area contributed by atoms with Gasteiger partial charge in [0.25, 0.3) is 0 Å². The fourth-order valence-electron chi connectivity index (χ4n) is 2.93. The van der Waals surface area contributed by atoms with Crippen molar-refractivity contribution in [1.82, 2.24) is 4.90 Å². The van der Waals surface area contributed by atoms with Crippen molar-refractivity contribution in [3.8, 4) is 11.5 Å². The lowest BCUT2D eigenvalue weighted by molar-refractivity contribution is 0.0563. The van der Waals surface area contributed by atoms with Gasteiger partial charge in [-0.15, -0.1) is 0 Å². The highest BCUT2D eigenvalue weighted by Crippen LogP contribution is 2.34. The van der Waals surface area contributed by atoms with Crippen LogP contribution >= 0.6 is 0 Å². The Balaban J connectivity index is 2.20. The Hall–Kier alpha value is -1.90. The zero-order valence-electron chi connectivity index (χ0n) is 13.4. The molecular weight excluding hydrogens is 278 g/mol. The fraction of sp³-hybridized carbons (Fsp3) is 0.500. The molecule has 0 amide bonds. The quantitative estimate of drug-likeness (QED) is 0.479. The van der Waals surface area contributed by atoms with E-state index in [0.717, 1.165) is 25.2 Å². The molecule has 0 bridgehead atoms. The molecule has 2 N–H and O–H groups in total. The van der Waals surface area contributed by atoms with Crippen molar-refractivity contribution in [3.05, 3.63) is 41.8 Å². The molecule has 1 fully saturated rings. The molecule has 1 aliphatic rings. The number of likely N-dealkylation sites (tertiary alicyclic amines) is 1. The van der Waals surface area contributed by atoms with Crippen molar-refractivity contribution in [2.45, 2.75) is 32.8 Å². The number of ether oxygens (including phenoxy) is 1.